The first-order valence-corrected chi connectivity index (χ1v) is 4.41. The molecule has 1 aliphatic carbocycles. The van der Waals surface area contributed by atoms with Gasteiger partial charge < -0.3 is 5.32 Å². The van der Waals surface area contributed by atoms with Gasteiger partial charge in [0.1, 0.15) is 0 Å². The fraction of sp³-hybridized carbons (Fsp3) is 1.00. The lowest BCUT2D eigenvalue weighted by Crippen LogP contribution is -2.20. The maximum absolute atomic E-state index is 3.49. The fourth-order valence-electron chi connectivity index (χ4n) is 2.89. The molecule has 1 N–H and O–H groups in total. The molecular formula is C9H17N. The van der Waals surface area contributed by atoms with Gasteiger partial charge in [-0.1, -0.05) is 13.8 Å². The van der Waals surface area contributed by atoms with Gasteiger partial charge in [-0.3, -0.25) is 0 Å². The predicted octanol–water partition coefficient (Wildman–Crippen LogP) is 1.64. The number of nitrogens with one attached hydrogen (secondary N) is 1. The zero-order valence-electron chi connectivity index (χ0n) is 6.98. The van der Waals surface area contributed by atoms with E-state index in [1.807, 2.05) is 0 Å². The molecule has 2 aliphatic rings. The van der Waals surface area contributed by atoms with Crippen LogP contribution in [0.1, 0.15) is 26.7 Å². The molecular weight excluding hydrogens is 122 g/mol. The van der Waals surface area contributed by atoms with Crippen LogP contribution in [0.3, 0.4) is 0 Å². The largest absolute Gasteiger partial charge is 0.316 e. The van der Waals surface area contributed by atoms with E-state index in [-0.39, 0.29) is 0 Å². The molecule has 3 atom stereocenters. The zero-order valence-corrected chi connectivity index (χ0v) is 6.98. The fourth-order valence-corrected chi connectivity index (χ4v) is 2.89. The Balaban J connectivity index is 2.15. The number of hydrogen-bond acceptors (Lipinski definition) is 1. The van der Waals surface area contributed by atoms with Gasteiger partial charge in [-0.2, -0.15) is 0 Å². The van der Waals surface area contributed by atoms with Crippen molar-refractivity contribution in [3.8, 4) is 0 Å². The first kappa shape index (κ1) is 6.66. The minimum Gasteiger partial charge on any atom is -0.316 e. The number of hydrogen-bond donors (Lipinski definition) is 1. The summed E-state index contributed by atoms with van der Waals surface area (Å²) in [5, 5.41) is 3.49. The third-order valence-corrected chi connectivity index (χ3v) is 3.41. The summed E-state index contributed by atoms with van der Waals surface area (Å²) in [5.74, 6) is 1.97. The van der Waals surface area contributed by atoms with Gasteiger partial charge in [0.05, 0.1) is 0 Å². The molecule has 10 heavy (non-hydrogen) atoms. The van der Waals surface area contributed by atoms with Crippen molar-refractivity contribution >= 4 is 0 Å². The molecule has 0 bridgehead atoms. The van der Waals surface area contributed by atoms with Gasteiger partial charge in [-0.05, 0) is 36.6 Å². The third kappa shape index (κ3) is 0.800. The quantitative estimate of drug-likeness (QED) is 0.538. The van der Waals surface area contributed by atoms with Crippen molar-refractivity contribution in [1.29, 1.82) is 0 Å². The molecule has 2 rings (SSSR count). The Labute approximate surface area is 63.2 Å². The highest BCUT2D eigenvalue weighted by Crippen LogP contribution is 2.47. The van der Waals surface area contributed by atoms with Gasteiger partial charge in [-0.15, -0.1) is 0 Å². The Morgan fingerprint density at radius 3 is 3.00 bits per heavy atom. The summed E-state index contributed by atoms with van der Waals surface area (Å²) in [6.07, 6.45) is 2.91. The minimum atomic E-state index is 0.666. The smallest absolute Gasteiger partial charge is 0.000852 e. The van der Waals surface area contributed by atoms with Crippen molar-refractivity contribution in [2.75, 3.05) is 13.1 Å². The Bertz CT molecular complexity index is 144. The second-order valence-electron chi connectivity index (χ2n) is 4.53. The molecule has 1 heterocycles. The van der Waals surface area contributed by atoms with Crippen molar-refractivity contribution in [1.82, 2.24) is 5.32 Å². The third-order valence-electron chi connectivity index (χ3n) is 3.41. The molecule has 1 heteroatoms. The summed E-state index contributed by atoms with van der Waals surface area (Å²) in [7, 11) is 0. The molecule has 0 aromatic rings. The van der Waals surface area contributed by atoms with E-state index in [1.54, 1.807) is 0 Å². The standard InChI is InChI=1S/C9H17N/c1-7-3-8-5-10-6-9(8,2)4-7/h7-8,10H,3-6H2,1-2H3. The minimum absolute atomic E-state index is 0.666. The molecule has 0 amide bonds. The molecule has 0 radical (unpaired) electrons. The molecule has 1 aliphatic heterocycles. The van der Waals surface area contributed by atoms with Gasteiger partial charge >= 0.3 is 0 Å². The van der Waals surface area contributed by atoms with Crippen LogP contribution in [0, 0.1) is 17.3 Å². The monoisotopic (exact) mass is 139 g/mol. The van der Waals surface area contributed by atoms with Crippen molar-refractivity contribution in [3.63, 3.8) is 0 Å². The zero-order chi connectivity index (χ0) is 7.19. The van der Waals surface area contributed by atoms with Crippen molar-refractivity contribution in [3.05, 3.63) is 0 Å². The summed E-state index contributed by atoms with van der Waals surface area (Å²) in [6, 6.07) is 0. The summed E-state index contributed by atoms with van der Waals surface area (Å²) in [4.78, 5) is 0. The van der Waals surface area contributed by atoms with Gasteiger partial charge in [0.2, 0.25) is 0 Å². The van der Waals surface area contributed by atoms with Gasteiger partial charge in [-0.25, -0.2) is 0 Å². The molecule has 1 saturated carbocycles. The SMILES string of the molecule is CC1CC2CNCC2(C)C1. The van der Waals surface area contributed by atoms with E-state index in [0.29, 0.717) is 5.41 Å². The van der Waals surface area contributed by atoms with Crippen LogP contribution in [0.25, 0.3) is 0 Å². The van der Waals surface area contributed by atoms with E-state index in [2.05, 4.69) is 19.2 Å². The first-order chi connectivity index (χ1) is 4.71. The average molecular weight is 139 g/mol. The van der Waals surface area contributed by atoms with Crippen LogP contribution >= 0.6 is 0 Å². The molecule has 58 valence electrons. The molecule has 2 fully saturated rings. The summed E-state index contributed by atoms with van der Waals surface area (Å²) in [6.45, 7) is 7.38. The summed E-state index contributed by atoms with van der Waals surface area (Å²) < 4.78 is 0. The molecule has 0 aromatic carbocycles. The van der Waals surface area contributed by atoms with Gasteiger partial charge in [0, 0.05) is 6.54 Å². The first-order valence-electron chi connectivity index (χ1n) is 4.41. The predicted molar refractivity (Wildman–Crippen MR) is 42.9 cm³/mol. The molecule has 3 unspecified atom stereocenters. The maximum Gasteiger partial charge on any atom is 0.000852 e. The van der Waals surface area contributed by atoms with Crippen LogP contribution in [0.2, 0.25) is 0 Å². The number of rotatable bonds is 0. The molecule has 0 spiro atoms. The van der Waals surface area contributed by atoms with Crippen LogP contribution in [0.5, 0.6) is 0 Å². The van der Waals surface area contributed by atoms with Crippen LogP contribution in [0.4, 0.5) is 0 Å². The normalized spacial score (nSPS) is 53.4. The maximum atomic E-state index is 3.49. The molecule has 0 aromatic heterocycles. The van der Waals surface area contributed by atoms with Crippen LogP contribution in [-0.4, -0.2) is 13.1 Å². The average Bonchev–Trinajstić information content (AvgIpc) is 2.20. The Kier molecular flexibility index (Phi) is 1.31. The van der Waals surface area contributed by atoms with E-state index in [9.17, 15) is 0 Å². The lowest BCUT2D eigenvalue weighted by atomic mass is 9.83. The molecule has 1 saturated heterocycles. The van der Waals surface area contributed by atoms with E-state index in [1.165, 1.54) is 25.9 Å². The second-order valence-corrected chi connectivity index (χ2v) is 4.53. The van der Waals surface area contributed by atoms with E-state index in [0.717, 1.165) is 11.8 Å². The van der Waals surface area contributed by atoms with Crippen molar-refractivity contribution in [2.45, 2.75) is 26.7 Å². The topological polar surface area (TPSA) is 12.0 Å². The lowest BCUT2D eigenvalue weighted by molar-refractivity contribution is 0.302. The van der Waals surface area contributed by atoms with Crippen molar-refractivity contribution in [2.24, 2.45) is 17.3 Å². The highest BCUT2D eigenvalue weighted by Gasteiger charge is 2.44. The Morgan fingerprint density at radius 2 is 2.30 bits per heavy atom. The van der Waals surface area contributed by atoms with E-state index < -0.39 is 0 Å². The molecule has 1 nitrogen and oxygen atoms in total. The number of fused-ring (bicyclic) bond motifs is 1. The highest BCUT2D eigenvalue weighted by atomic mass is 14.9. The highest BCUT2D eigenvalue weighted by molar-refractivity contribution is 4.98. The van der Waals surface area contributed by atoms with E-state index >= 15 is 0 Å². The van der Waals surface area contributed by atoms with Gasteiger partial charge in [0.15, 0.2) is 0 Å². The van der Waals surface area contributed by atoms with Crippen LogP contribution in [0.15, 0.2) is 0 Å². The Morgan fingerprint density at radius 1 is 1.50 bits per heavy atom. The van der Waals surface area contributed by atoms with Crippen molar-refractivity contribution < 1.29 is 0 Å². The summed E-state index contributed by atoms with van der Waals surface area (Å²) in [5.41, 5.74) is 0.666. The van der Waals surface area contributed by atoms with Crippen LogP contribution in [-0.2, 0) is 0 Å². The Hall–Kier alpha value is -0.0400. The second kappa shape index (κ2) is 1.97. The van der Waals surface area contributed by atoms with Gasteiger partial charge in [0.25, 0.3) is 0 Å². The lowest BCUT2D eigenvalue weighted by Gasteiger charge is -2.21. The summed E-state index contributed by atoms with van der Waals surface area (Å²) >= 11 is 0. The van der Waals surface area contributed by atoms with Crippen LogP contribution < -0.4 is 5.32 Å². The van der Waals surface area contributed by atoms with E-state index in [4.69, 9.17) is 0 Å².